The van der Waals surface area contributed by atoms with Crippen molar-refractivity contribution < 1.29 is 4.79 Å². The van der Waals surface area contributed by atoms with Crippen molar-refractivity contribution in [3.05, 3.63) is 29.3 Å². The number of nitrogens with zero attached hydrogens (tertiary/aromatic N) is 1. The van der Waals surface area contributed by atoms with Gasteiger partial charge in [-0.05, 0) is 37.0 Å². The minimum atomic E-state index is 0.270. The van der Waals surface area contributed by atoms with Crippen molar-refractivity contribution in [1.29, 1.82) is 0 Å². The molecule has 1 aliphatic rings. The zero-order chi connectivity index (χ0) is 10.8. The fourth-order valence-corrected chi connectivity index (χ4v) is 2.07. The van der Waals surface area contributed by atoms with Gasteiger partial charge in [-0.15, -0.1) is 0 Å². The summed E-state index contributed by atoms with van der Waals surface area (Å²) in [4.78, 5) is 13.6. The first-order valence-electron chi connectivity index (χ1n) is 5.62. The molecule has 1 aliphatic heterocycles. The second kappa shape index (κ2) is 4.05. The lowest BCUT2D eigenvalue weighted by Gasteiger charge is -2.19. The third-order valence-electron chi connectivity index (χ3n) is 3.05. The van der Waals surface area contributed by atoms with Crippen LogP contribution in [0.25, 0.3) is 0 Å². The van der Waals surface area contributed by atoms with Gasteiger partial charge in [0.25, 0.3) is 0 Å². The molecule has 0 radical (unpaired) electrons. The lowest BCUT2D eigenvalue weighted by Crippen LogP contribution is -2.24. The first-order chi connectivity index (χ1) is 7.22. The van der Waals surface area contributed by atoms with Gasteiger partial charge in [-0.2, -0.15) is 0 Å². The van der Waals surface area contributed by atoms with Gasteiger partial charge in [0, 0.05) is 18.7 Å². The molecule has 0 aromatic heterocycles. The van der Waals surface area contributed by atoms with Gasteiger partial charge in [-0.3, -0.25) is 4.79 Å². The Morgan fingerprint density at radius 1 is 1.40 bits per heavy atom. The van der Waals surface area contributed by atoms with Crippen molar-refractivity contribution in [3.63, 3.8) is 0 Å². The highest BCUT2D eigenvalue weighted by atomic mass is 16.2. The Bertz CT molecular complexity index is 384. The summed E-state index contributed by atoms with van der Waals surface area (Å²) in [5.41, 5.74) is 3.61. The monoisotopic (exact) mass is 203 g/mol. The largest absolute Gasteiger partial charge is 0.312 e. The molecule has 0 bridgehead atoms. The van der Waals surface area contributed by atoms with Crippen LogP contribution in [0.5, 0.6) is 0 Å². The second-order valence-electron chi connectivity index (χ2n) is 4.12. The van der Waals surface area contributed by atoms with Gasteiger partial charge in [0.1, 0.15) is 0 Å². The number of rotatable bonds is 2. The molecule has 2 rings (SSSR count). The molecule has 1 aromatic rings. The Morgan fingerprint density at radius 2 is 2.20 bits per heavy atom. The van der Waals surface area contributed by atoms with Crippen LogP contribution in [0.2, 0.25) is 0 Å². The minimum absolute atomic E-state index is 0.270. The summed E-state index contributed by atoms with van der Waals surface area (Å²) in [7, 11) is 0. The highest BCUT2D eigenvalue weighted by Gasteiger charge is 2.22. The van der Waals surface area contributed by atoms with E-state index in [1.165, 1.54) is 11.1 Å². The van der Waals surface area contributed by atoms with Gasteiger partial charge >= 0.3 is 0 Å². The summed E-state index contributed by atoms with van der Waals surface area (Å²) in [6, 6.07) is 6.40. The Hall–Kier alpha value is -1.31. The molecule has 80 valence electrons. The van der Waals surface area contributed by atoms with Crippen LogP contribution in [0, 0.1) is 6.92 Å². The number of hydrogen-bond donors (Lipinski definition) is 0. The number of carbonyl (C=O) groups is 1. The molecular formula is C13H17NO. The van der Waals surface area contributed by atoms with Crippen molar-refractivity contribution in [2.75, 3.05) is 11.4 Å². The fraction of sp³-hybridized carbons (Fsp3) is 0.462. The van der Waals surface area contributed by atoms with Crippen LogP contribution in [0.1, 0.15) is 30.9 Å². The number of amides is 1. The van der Waals surface area contributed by atoms with Crippen LogP contribution in [-0.2, 0) is 11.2 Å². The fourth-order valence-electron chi connectivity index (χ4n) is 2.07. The highest BCUT2D eigenvalue weighted by Crippen LogP contribution is 2.26. The summed E-state index contributed by atoms with van der Waals surface area (Å²) < 4.78 is 0. The maximum Gasteiger partial charge on any atom is 0.227 e. The normalized spacial score (nSPS) is 16.1. The zero-order valence-electron chi connectivity index (χ0n) is 9.42. The molecule has 0 atom stereocenters. The van der Waals surface area contributed by atoms with Crippen LogP contribution in [-0.4, -0.2) is 12.5 Å². The van der Waals surface area contributed by atoms with Crippen LogP contribution >= 0.6 is 0 Å². The van der Waals surface area contributed by atoms with E-state index in [4.69, 9.17) is 0 Å². The van der Waals surface area contributed by atoms with Crippen molar-refractivity contribution in [1.82, 2.24) is 0 Å². The van der Waals surface area contributed by atoms with Gasteiger partial charge in [-0.25, -0.2) is 0 Å². The van der Waals surface area contributed by atoms with Crippen molar-refractivity contribution >= 4 is 11.6 Å². The maximum absolute atomic E-state index is 11.7. The number of hydrogen-bond acceptors (Lipinski definition) is 1. The third-order valence-corrected chi connectivity index (χ3v) is 3.05. The van der Waals surface area contributed by atoms with E-state index in [-0.39, 0.29) is 5.91 Å². The maximum atomic E-state index is 11.7. The van der Waals surface area contributed by atoms with Gasteiger partial charge in [0.05, 0.1) is 0 Å². The first kappa shape index (κ1) is 10.2. The van der Waals surface area contributed by atoms with Crippen LogP contribution < -0.4 is 4.90 Å². The molecule has 1 saturated heterocycles. The Kier molecular flexibility index (Phi) is 2.76. The number of anilines is 1. The summed E-state index contributed by atoms with van der Waals surface area (Å²) in [6.07, 6.45) is 2.72. The van der Waals surface area contributed by atoms with E-state index in [1.807, 2.05) is 4.90 Å². The molecule has 1 aromatic carbocycles. The van der Waals surface area contributed by atoms with Crippen molar-refractivity contribution in [2.45, 2.75) is 33.1 Å². The van der Waals surface area contributed by atoms with E-state index in [1.54, 1.807) is 0 Å². The van der Waals surface area contributed by atoms with Crippen molar-refractivity contribution in [3.8, 4) is 0 Å². The molecule has 15 heavy (non-hydrogen) atoms. The standard InChI is InChI=1S/C13H17NO/c1-3-11-7-6-10(2)12(9-11)14-8-4-5-13(14)15/h6-7,9H,3-5,8H2,1-2H3. The summed E-state index contributed by atoms with van der Waals surface area (Å²) >= 11 is 0. The summed E-state index contributed by atoms with van der Waals surface area (Å²) in [6.45, 7) is 5.09. The SMILES string of the molecule is CCc1ccc(C)c(N2CCCC2=O)c1. The third kappa shape index (κ3) is 1.89. The summed E-state index contributed by atoms with van der Waals surface area (Å²) in [5.74, 6) is 0.270. The highest BCUT2D eigenvalue weighted by molar-refractivity contribution is 5.96. The van der Waals surface area contributed by atoms with E-state index >= 15 is 0 Å². The Morgan fingerprint density at radius 3 is 2.80 bits per heavy atom. The molecule has 0 aliphatic carbocycles. The second-order valence-corrected chi connectivity index (χ2v) is 4.12. The number of benzene rings is 1. The van der Waals surface area contributed by atoms with E-state index in [0.717, 1.165) is 25.1 Å². The smallest absolute Gasteiger partial charge is 0.227 e. The van der Waals surface area contributed by atoms with E-state index in [0.29, 0.717) is 6.42 Å². The molecule has 2 heteroatoms. The van der Waals surface area contributed by atoms with Crippen LogP contribution in [0.15, 0.2) is 18.2 Å². The van der Waals surface area contributed by atoms with Gasteiger partial charge in [0.2, 0.25) is 5.91 Å². The Labute approximate surface area is 90.9 Å². The van der Waals surface area contributed by atoms with Crippen LogP contribution in [0.4, 0.5) is 5.69 Å². The number of carbonyl (C=O) groups excluding carboxylic acids is 1. The van der Waals surface area contributed by atoms with Crippen LogP contribution in [0.3, 0.4) is 0 Å². The quantitative estimate of drug-likeness (QED) is 0.723. The van der Waals surface area contributed by atoms with E-state index in [9.17, 15) is 4.79 Å². The van der Waals surface area contributed by atoms with Gasteiger partial charge in [0.15, 0.2) is 0 Å². The molecule has 0 spiro atoms. The van der Waals surface area contributed by atoms with Gasteiger partial charge in [-0.1, -0.05) is 19.1 Å². The molecule has 0 unspecified atom stereocenters. The molecular weight excluding hydrogens is 186 g/mol. The average molecular weight is 203 g/mol. The summed E-state index contributed by atoms with van der Waals surface area (Å²) in [5, 5.41) is 0. The molecule has 0 saturated carbocycles. The molecule has 2 nitrogen and oxygen atoms in total. The average Bonchev–Trinajstić information content (AvgIpc) is 2.65. The predicted molar refractivity (Wildman–Crippen MR) is 62.1 cm³/mol. The van der Waals surface area contributed by atoms with Gasteiger partial charge < -0.3 is 4.90 Å². The minimum Gasteiger partial charge on any atom is -0.312 e. The van der Waals surface area contributed by atoms with E-state index < -0.39 is 0 Å². The zero-order valence-corrected chi connectivity index (χ0v) is 9.42. The molecule has 1 heterocycles. The molecule has 1 amide bonds. The topological polar surface area (TPSA) is 20.3 Å². The molecule has 1 fully saturated rings. The lowest BCUT2D eigenvalue weighted by atomic mass is 10.1. The first-order valence-corrected chi connectivity index (χ1v) is 5.62. The molecule has 0 N–H and O–H groups in total. The number of aryl methyl sites for hydroxylation is 2. The Balaban J connectivity index is 2.37. The van der Waals surface area contributed by atoms with E-state index in [2.05, 4.69) is 32.0 Å². The van der Waals surface area contributed by atoms with Crippen molar-refractivity contribution in [2.24, 2.45) is 0 Å². The predicted octanol–water partition coefficient (Wildman–Crippen LogP) is 2.68. The lowest BCUT2D eigenvalue weighted by molar-refractivity contribution is -0.117.